The summed E-state index contributed by atoms with van der Waals surface area (Å²) in [5.74, 6) is -0.189. The van der Waals surface area contributed by atoms with Gasteiger partial charge < -0.3 is 5.11 Å². The van der Waals surface area contributed by atoms with E-state index in [0.717, 1.165) is 16.7 Å². The minimum absolute atomic E-state index is 0.0382. The minimum atomic E-state index is -0.841. The maximum atomic E-state index is 10.7. The lowest BCUT2D eigenvalue weighted by molar-refractivity contribution is -0.137. The normalized spacial score (nSPS) is 11.2. The fourth-order valence-corrected chi connectivity index (χ4v) is 2.16. The third-order valence-electron chi connectivity index (χ3n) is 3.03. The summed E-state index contributed by atoms with van der Waals surface area (Å²) in [4.78, 5) is 15.2. The van der Waals surface area contributed by atoms with Crippen LogP contribution in [-0.4, -0.2) is 30.7 Å². The van der Waals surface area contributed by atoms with E-state index in [0.29, 0.717) is 17.9 Å². The second-order valence-corrected chi connectivity index (χ2v) is 4.35. The van der Waals surface area contributed by atoms with Gasteiger partial charge >= 0.3 is 5.97 Å². The van der Waals surface area contributed by atoms with Gasteiger partial charge in [0.1, 0.15) is 5.82 Å². The van der Waals surface area contributed by atoms with Crippen LogP contribution < -0.4 is 0 Å². The predicted octanol–water partition coefficient (Wildman–Crippen LogP) is 1.60. The number of aromatic nitrogens is 4. The largest absolute Gasteiger partial charge is 0.481 e. The molecule has 0 aliphatic carbocycles. The van der Waals surface area contributed by atoms with Gasteiger partial charge in [0.05, 0.1) is 23.1 Å². The summed E-state index contributed by atoms with van der Waals surface area (Å²) in [5.41, 5.74) is 3.21. The first-order valence-electron chi connectivity index (χ1n) is 5.98. The lowest BCUT2D eigenvalue weighted by Gasteiger charge is -2.05. The number of rotatable bonds is 3. The summed E-state index contributed by atoms with van der Waals surface area (Å²) in [6, 6.07) is 7.69. The van der Waals surface area contributed by atoms with Crippen molar-refractivity contribution in [2.24, 2.45) is 0 Å². The highest BCUT2D eigenvalue weighted by atomic mass is 16.4. The van der Waals surface area contributed by atoms with Crippen LogP contribution in [0.2, 0.25) is 0 Å². The summed E-state index contributed by atoms with van der Waals surface area (Å²) in [7, 11) is 0. The van der Waals surface area contributed by atoms with Crippen LogP contribution in [0.5, 0.6) is 0 Å². The average Bonchev–Trinajstić information content (AvgIpc) is 2.81. The Hall–Kier alpha value is -2.50. The molecular formula is C13H12N4O2. The molecule has 6 heteroatoms. The smallest absolute Gasteiger partial charge is 0.303 e. The van der Waals surface area contributed by atoms with Crippen LogP contribution in [0.25, 0.3) is 16.7 Å². The lowest BCUT2D eigenvalue weighted by Crippen LogP contribution is -2.03. The van der Waals surface area contributed by atoms with Crippen LogP contribution in [0.3, 0.4) is 0 Å². The molecule has 2 aromatic heterocycles. The second kappa shape index (κ2) is 4.31. The van der Waals surface area contributed by atoms with E-state index in [2.05, 4.69) is 15.2 Å². The Labute approximate surface area is 108 Å². The molecule has 0 saturated heterocycles. The molecule has 0 fully saturated rings. The number of hydrogen-bond acceptors (Lipinski definition) is 4. The molecule has 0 aliphatic rings. The standard InChI is InChI=1S/C13H12N4O2/c1-8-13-16-15-11(6-7-12(18)19)17(13)10-5-3-2-4-9(10)14-8/h2-5H,6-7H2,1H3,(H,18,19). The van der Waals surface area contributed by atoms with Gasteiger partial charge in [-0.2, -0.15) is 0 Å². The molecule has 0 radical (unpaired) electrons. The SMILES string of the molecule is Cc1nc2ccccc2n2c(CCC(=O)O)nnc12. The van der Waals surface area contributed by atoms with Crippen molar-refractivity contribution in [2.75, 3.05) is 0 Å². The summed E-state index contributed by atoms with van der Waals surface area (Å²) in [6.07, 6.45) is 0.389. The topological polar surface area (TPSA) is 80.4 Å². The van der Waals surface area contributed by atoms with Crippen molar-refractivity contribution in [3.63, 3.8) is 0 Å². The number of fused-ring (bicyclic) bond motifs is 3. The van der Waals surface area contributed by atoms with Crippen molar-refractivity contribution in [2.45, 2.75) is 19.8 Å². The number of aryl methyl sites for hydroxylation is 2. The Bertz CT molecular complexity index is 779. The van der Waals surface area contributed by atoms with E-state index in [4.69, 9.17) is 5.11 Å². The first-order chi connectivity index (χ1) is 9.16. The molecule has 0 aliphatic heterocycles. The molecular weight excluding hydrogens is 244 g/mol. The van der Waals surface area contributed by atoms with Crippen molar-refractivity contribution in [1.29, 1.82) is 0 Å². The summed E-state index contributed by atoms with van der Waals surface area (Å²) in [5, 5.41) is 17.0. The molecule has 3 aromatic rings. The van der Waals surface area contributed by atoms with Crippen molar-refractivity contribution in [3.05, 3.63) is 35.8 Å². The van der Waals surface area contributed by atoms with Gasteiger partial charge in [0, 0.05) is 6.42 Å². The van der Waals surface area contributed by atoms with Crippen molar-refractivity contribution >= 4 is 22.6 Å². The molecule has 1 N–H and O–H groups in total. The molecule has 1 aromatic carbocycles. The Kier molecular flexibility index (Phi) is 2.63. The van der Waals surface area contributed by atoms with E-state index in [1.807, 2.05) is 35.6 Å². The number of hydrogen-bond donors (Lipinski definition) is 1. The molecule has 0 unspecified atom stereocenters. The number of para-hydroxylation sites is 2. The molecule has 0 atom stereocenters. The van der Waals surface area contributed by atoms with E-state index in [1.165, 1.54) is 0 Å². The molecule has 19 heavy (non-hydrogen) atoms. The molecule has 6 nitrogen and oxygen atoms in total. The minimum Gasteiger partial charge on any atom is -0.481 e. The number of aliphatic carboxylic acids is 1. The van der Waals surface area contributed by atoms with Gasteiger partial charge in [-0.05, 0) is 19.1 Å². The second-order valence-electron chi connectivity index (χ2n) is 4.35. The van der Waals surface area contributed by atoms with Gasteiger partial charge in [0.25, 0.3) is 0 Å². The molecule has 0 spiro atoms. The number of nitrogens with zero attached hydrogens (tertiary/aromatic N) is 4. The molecule has 3 rings (SSSR count). The predicted molar refractivity (Wildman–Crippen MR) is 69.0 cm³/mol. The summed E-state index contributed by atoms with van der Waals surface area (Å²) in [6.45, 7) is 1.87. The number of benzene rings is 1. The third kappa shape index (κ3) is 1.91. The van der Waals surface area contributed by atoms with Gasteiger partial charge in [-0.3, -0.25) is 9.20 Å². The maximum absolute atomic E-state index is 10.7. The average molecular weight is 256 g/mol. The Morgan fingerprint density at radius 2 is 2.11 bits per heavy atom. The van der Waals surface area contributed by atoms with Crippen LogP contribution >= 0.6 is 0 Å². The monoisotopic (exact) mass is 256 g/mol. The van der Waals surface area contributed by atoms with E-state index < -0.39 is 5.97 Å². The van der Waals surface area contributed by atoms with Crippen LogP contribution in [0, 0.1) is 6.92 Å². The first-order valence-corrected chi connectivity index (χ1v) is 5.98. The first kappa shape index (κ1) is 11.6. The summed E-state index contributed by atoms with van der Waals surface area (Å²) >= 11 is 0. The summed E-state index contributed by atoms with van der Waals surface area (Å²) < 4.78 is 1.89. The molecule has 0 saturated carbocycles. The van der Waals surface area contributed by atoms with E-state index >= 15 is 0 Å². The van der Waals surface area contributed by atoms with Gasteiger partial charge in [0.15, 0.2) is 5.65 Å². The molecule has 96 valence electrons. The van der Waals surface area contributed by atoms with Crippen LogP contribution in [0.15, 0.2) is 24.3 Å². The van der Waals surface area contributed by atoms with Gasteiger partial charge in [0.2, 0.25) is 0 Å². The number of carbonyl (C=O) groups is 1. The maximum Gasteiger partial charge on any atom is 0.303 e. The van der Waals surface area contributed by atoms with E-state index in [1.54, 1.807) is 0 Å². The quantitative estimate of drug-likeness (QED) is 0.769. The van der Waals surface area contributed by atoms with E-state index in [-0.39, 0.29) is 6.42 Å². The zero-order valence-corrected chi connectivity index (χ0v) is 10.4. The zero-order valence-electron chi connectivity index (χ0n) is 10.4. The van der Waals surface area contributed by atoms with Gasteiger partial charge in [-0.15, -0.1) is 10.2 Å². The van der Waals surface area contributed by atoms with Crippen LogP contribution in [0.4, 0.5) is 0 Å². The van der Waals surface area contributed by atoms with Crippen molar-refractivity contribution in [3.8, 4) is 0 Å². The highest BCUT2D eigenvalue weighted by Gasteiger charge is 2.13. The van der Waals surface area contributed by atoms with Gasteiger partial charge in [-0.25, -0.2) is 4.98 Å². The molecule has 2 heterocycles. The number of carboxylic acids is 1. The van der Waals surface area contributed by atoms with Crippen molar-refractivity contribution in [1.82, 2.24) is 19.6 Å². The van der Waals surface area contributed by atoms with E-state index in [9.17, 15) is 4.79 Å². The van der Waals surface area contributed by atoms with Crippen LogP contribution in [-0.2, 0) is 11.2 Å². The number of carboxylic acid groups (broad SMARTS) is 1. The zero-order chi connectivity index (χ0) is 13.4. The fourth-order valence-electron chi connectivity index (χ4n) is 2.16. The van der Waals surface area contributed by atoms with Gasteiger partial charge in [-0.1, -0.05) is 12.1 Å². The van der Waals surface area contributed by atoms with Crippen molar-refractivity contribution < 1.29 is 9.90 Å². The highest BCUT2D eigenvalue weighted by Crippen LogP contribution is 2.18. The highest BCUT2D eigenvalue weighted by molar-refractivity contribution is 5.78. The Morgan fingerprint density at radius 1 is 1.32 bits per heavy atom. The lowest BCUT2D eigenvalue weighted by atomic mass is 10.2. The molecule has 0 amide bonds. The molecule has 0 bridgehead atoms. The fraction of sp³-hybridized carbons (Fsp3) is 0.231. The Balaban J connectivity index is 2.26. The third-order valence-corrected chi connectivity index (χ3v) is 3.03. The van der Waals surface area contributed by atoms with Crippen LogP contribution in [0.1, 0.15) is 17.9 Å². The Morgan fingerprint density at radius 3 is 2.89 bits per heavy atom.